The first-order valence-corrected chi connectivity index (χ1v) is 4.15. The Labute approximate surface area is 78.1 Å². The second-order valence-electron chi connectivity index (χ2n) is 3.15. The average Bonchev–Trinajstić information content (AvgIpc) is 2.02. The third-order valence-corrected chi connectivity index (χ3v) is 1.97. The maximum absolute atomic E-state index is 9.28. The maximum atomic E-state index is 9.28. The SMILES string of the molecule is COc1c(C)cc(C)cc1C(N)O. The monoisotopic (exact) mass is 181 g/mol. The number of nitrogens with two attached hydrogens (primary N) is 1. The van der Waals surface area contributed by atoms with Crippen molar-refractivity contribution in [1.29, 1.82) is 0 Å². The zero-order valence-corrected chi connectivity index (χ0v) is 8.16. The van der Waals surface area contributed by atoms with Gasteiger partial charge in [-0.3, -0.25) is 0 Å². The van der Waals surface area contributed by atoms with Crippen LogP contribution in [0.25, 0.3) is 0 Å². The molecule has 3 N–H and O–H groups in total. The number of ether oxygens (including phenoxy) is 1. The van der Waals surface area contributed by atoms with Crippen LogP contribution in [0.3, 0.4) is 0 Å². The van der Waals surface area contributed by atoms with Crippen molar-refractivity contribution in [1.82, 2.24) is 0 Å². The van der Waals surface area contributed by atoms with Crippen LogP contribution in [-0.2, 0) is 0 Å². The molecular formula is C10H15NO2. The molecule has 13 heavy (non-hydrogen) atoms. The molecule has 0 amide bonds. The van der Waals surface area contributed by atoms with Crippen LogP contribution in [0.1, 0.15) is 22.9 Å². The second kappa shape index (κ2) is 3.77. The Balaban J connectivity index is 3.29. The van der Waals surface area contributed by atoms with Crippen LogP contribution in [-0.4, -0.2) is 12.2 Å². The average molecular weight is 181 g/mol. The Morgan fingerprint density at radius 2 is 2.00 bits per heavy atom. The normalized spacial score (nSPS) is 12.7. The molecule has 1 atom stereocenters. The van der Waals surface area contributed by atoms with Crippen molar-refractivity contribution >= 4 is 0 Å². The molecule has 0 saturated heterocycles. The molecule has 0 aliphatic carbocycles. The van der Waals surface area contributed by atoms with Gasteiger partial charge in [-0.2, -0.15) is 0 Å². The van der Waals surface area contributed by atoms with Gasteiger partial charge in [-0.25, -0.2) is 0 Å². The summed E-state index contributed by atoms with van der Waals surface area (Å²) >= 11 is 0. The summed E-state index contributed by atoms with van der Waals surface area (Å²) < 4.78 is 5.15. The molecule has 72 valence electrons. The zero-order chi connectivity index (χ0) is 10.0. The predicted molar refractivity (Wildman–Crippen MR) is 51.6 cm³/mol. The third kappa shape index (κ3) is 1.99. The van der Waals surface area contributed by atoms with Gasteiger partial charge < -0.3 is 15.6 Å². The summed E-state index contributed by atoms with van der Waals surface area (Å²) in [6.45, 7) is 3.88. The molecule has 3 heteroatoms. The summed E-state index contributed by atoms with van der Waals surface area (Å²) in [5.41, 5.74) is 8.10. The molecule has 1 aromatic carbocycles. The minimum atomic E-state index is -0.978. The fourth-order valence-electron chi connectivity index (χ4n) is 1.49. The van der Waals surface area contributed by atoms with Gasteiger partial charge >= 0.3 is 0 Å². The lowest BCUT2D eigenvalue weighted by Gasteiger charge is -2.14. The van der Waals surface area contributed by atoms with Gasteiger partial charge in [0.25, 0.3) is 0 Å². The molecule has 0 spiro atoms. The van der Waals surface area contributed by atoms with Crippen molar-refractivity contribution in [2.75, 3.05) is 7.11 Å². The van der Waals surface area contributed by atoms with Crippen molar-refractivity contribution in [2.24, 2.45) is 5.73 Å². The highest BCUT2D eigenvalue weighted by Crippen LogP contribution is 2.27. The van der Waals surface area contributed by atoms with Crippen molar-refractivity contribution in [3.05, 3.63) is 28.8 Å². The summed E-state index contributed by atoms with van der Waals surface area (Å²) in [5.74, 6) is 0.667. The summed E-state index contributed by atoms with van der Waals surface area (Å²) in [4.78, 5) is 0. The Kier molecular flexibility index (Phi) is 2.90. The predicted octanol–water partition coefficient (Wildman–Crippen LogP) is 1.26. The van der Waals surface area contributed by atoms with Crippen LogP contribution in [0.4, 0.5) is 0 Å². The van der Waals surface area contributed by atoms with Crippen molar-refractivity contribution in [2.45, 2.75) is 20.1 Å². The maximum Gasteiger partial charge on any atom is 0.132 e. The number of aliphatic hydroxyl groups excluding tert-OH is 1. The highest BCUT2D eigenvalue weighted by Gasteiger charge is 2.11. The van der Waals surface area contributed by atoms with Crippen LogP contribution >= 0.6 is 0 Å². The van der Waals surface area contributed by atoms with E-state index < -0.39 is 6.23 Å². The number of methoxy groups -OCH3 is 1. The van der Waals surface area contributed by atoms with Crippen LogP contribution in [0.5, 0.6) is 5.75 Å². The summed E-state index contributed by atoms with van der Waals surface area (Å²) in [6.07, 6.45) is -0.978. The highest BCUT2D eigenvalue weighted by molar-refractivity contribution is 5.44. The van der Waals surface area contributed by atoms with Gasteiger partial charge in [0.2, 0.25) is 0 Å². The molecule has 1 rings (SSSR count). The van der Waals surface area contributed by atoms with Gasteiger partial charge in [0.1, 0.15) is 12.0 Å². The number of rotatable bonds is 2. The van der Waals surface area contributed by atoms with E-state index in [1.807, 2.05) is 26.0 Å². The first kappa shape index (κ1) is 10.0. The molecule has 0 fully saturated rings. The fourth-order valence-corrected chi connectivity index (χ4v) is 1.49. The summed E-state index contributed by atoms with van der Waals surface area (Å²) in [6, 6.07) is 3.82. The number of benzene rings is 1. The van der Waals surface area contributed by atoms with Gasteiger partial charge in [-0.15, -0.1) is 0 Å². The smallest absolute Gasteiger partial charge is 0.132 e. The molecule has 0 aliphatic rings. The first-order valence-electron chi connectivity index (χ1n) is 4.15. The molecule has 1 aromatic rings. The molecule has 0 heterocycles. The minimum absolute atomic E-state index is 0.639. The van der Waals surface area contributed by atoms with E-state index in [9.17, 15) is 5.11 Å². The highest BCUT2D eigenvalue weighted by atomic mass is 16.5. The standard InChI is InChI=1S/C10H15NO2/c1-6-4-7(2)9(13-3)8(5-6)10(11)12/h4-5,10,12H,11H2,1-3H3. The van der Waals surface area contributed by atoms with Gasteiger partial charge in [0.05, 0.1) is 7.11 Å². The van der Waals surface area contributed by atoms with Crippen molar-refractivity contribution in [3.8, 4) is 5.75 Å². The van der Waals surface area contributed by atoms with E-state index in [0.717, 1.165) is 11.1 Å². The van der Waals surface area contributed by atoms with Gasteiger partial charge in [-0.05, 0) is 25.5 Å². The Hall–Kier alpha value is -1.06. The second-order valence-corrected chi connectivity index (χ2v) is 3.15. The Morgan fingerprint density at radius 1 is 1.38 bits per heavy atom. The van der Waals surface area contributed by atoms with E-state index in [1.165, 1.54) is 0 Å². The van der Waals surface area contributed by atoms with Gasteiger partial charge in [0.15, 0.2) is 0 Å². The van der Waals surface area contributed by atoms with Crippen LogP contribution in [0, 0.1) is 13.8 Å². The molecule has 0 saturated carbocycles. The first-order chi connectivity index (χ1) is 6.06. The molecule has 0 radical (unpaired) electrons. The van der Waals surface area contributed by atoms with E-state index in [0.29, 0.717) is 11.3 Å². The quantitative estimate of drug-likeness (QED) is 0.675. The molecule has 0 aromatic heterocycles. The summed E-state index contributed by atoms with van der Waals surface area (Å²) in [7, 11) is 1.57. The number of aryl methyl sites for hydroxylation is 2. The van der Waals surface area contributed by atoms with Crippen LogP contribution in [0.2, 0.25) is 0 Å². The lowest BCUT2D eigenvalue weighted by atomic mass is 10.0. The van der Waals surface area contributed by atoms with E-state index in [2.05, 4.69) is 0 Å². The van der Waals surface area contributed by atoms with Crippen LogP contribution < -0.4 is 10.5 Å². The van der Waals surface area contributed by atoms with Gasteiger partial charge in [0, 0.05) is 5.56 Å². The third-order valence-electron chi connectivity index (χ3n) is 1.97. The number of aliphatic hydroxyl groups is 1. The lowest BCUT2D eigenvalue weighted by molar-refractivity contribution is 0.181. The minimum Gasteiger partial charge on any atom is -0.496 e. The summed E-state index contributed by atoms with van der Waals surface area (Å²) in [5, 5.41) is 9.28. The number of hydrogen-bond acceptors (Lipinski definition) is 3. The lowest BCUT2D eigenvalue weighted by Crippen LogP contribution is -2.11. The largest absolute Gasteiger partial charge is 0.496 e. The Morgan fingerprint density at radius 3 is 2.46 bits per heavy atom. The van der Waals surface area contributed by atoms with E-state index >= 15 is 0 Å². The topological polar surface area (TPSA) is 55.5 Å². The number of hydrogen-bond donors (Lipinski definition) is 2. The van der Waals surface area contributed by atoms with Crippen molar-refractivity contribution < 1.29 is 9.84 Å². The van der Waals surface area contributed by atoms with E-state index in [1.54, 1.807) is 7.11 Å². The van der Waals surface area contributed by atoms with E-state index in [-0.39, 0.29) is 0 Å². The Bertz CT molecular complexity index is 308. The molecular weight excluding hydrogens is 166 g/mol. The molecule has 0 bridgehead atoms. The van der Waals surface area contributed by atoms with Crippen LogP contribution in [0.15, 0.2) is 12.1 Å². The fraction of sp³-hybridized carbons (Fsp3) is 0.400. The van der Waals surface area contributed by atoms with Crippen molar-refractivity contribution in [3.63, 3.8) is 0 Å². The zero-order valence-electron chi connectivity index (χ0n) is 8.16. The van der Waals surface area contributed by atoms with E-state index in [4.69, 9.17) is 10.5 Å². The molecule has 0 aliphatic heterocycles. The molecule has 3 nitrogen and oxygen atoms in total. The molecule has 1 unspecified atom stereocenters. The van der Waals surface area contributed by atoms with Gasteiger partial charge in [-0.1, -0.05) is 11.6 Å².